The first-order valence-electron chi connectivity index (χ1n) is 6.10. The van der Waals surface area contributed by atoms with Crippen molar-refractivity contribution in [1.82, 2.24) is 0 Å². The van der Waals surface area contributed by atoms with Crippen molar-refractivity contribution in [3.8, 4) is 0 Å². The smallest absolute Gasteiger partial charge is 0.326 e. The molecule has 0 aliphatic heterocycles. The summed E-state index contributed by atoms with van der Waals surface area (Å²) >= 11 is 0. The van der Waals surface area contributed by atoms with E-state index in [1.54, 1.807) is 11.9 Å². The first-order valence-corrected chi connectivity index (χ1v) is 6.10. The number of rotatable bonds is 3. The molecule has 0 saturated heterocycles. The Bertz CT molecular complexity index is 554. The summed E-state index contributed by atoms with van der Waals surface area (Å²) in [6, 6.07) is 16.8. The van der Waals surface area contributed by atoms with Gasteiger partial charge in [0.15, 0.2) is 0 Å². The van der Waals surface area contributed by atoms with Gasteiger partial charge in [0.05, 0.1) is 0 Å². The molecule has 98 valence electrons. The van der Waals surface area contributed by atoms with Crippen molar-refractivity contribution in [2.24, 2.45) is 5.73 Å². The summed E-state index contributed by atoms with van der Waals surface area (Å²) in [4.78, 5) is 13.7. The minimum atomic E-state index is -0.188. The normalized spacial score (nSPS) is 10.0. The Morgan fingerprint density at radius 3 is 2.42 bits per heavy atom. The number of para-hydroxylation sites is 2. The number of hydrogen-bond acceptors (Lipinski definition) is 2. The molecular weight excluding hydrogens is 238 g/mol. The average molecular weight is 255 g/mol. The fraction of sp³-hybridized carbons (Fsp3) is 0.133. The molecular formula is C15H17N3O. The number of carbonyl (C=O) groups excluding carboxylic acids is 1. The van der Waals surface area contributed by atoms with E-state index in [0.717, 1.165) is 16.9 Å². The fourth-order valence-electron chi connectivity index (χ4n) is 1.85. The molecule has 0 aromatic heterocycles. The van der Waals surface area contributed by atoms with Crippen LogP contribution in [0.2, 0.25) is 0 Å². The molecule has 2 aromatic rings. The van der Waals surface area contributed by atoms with Crippen LogP contribution in [-0.2, 0) is 6.54 Å². The van der Waals surface area contributed by atoms with Crippen LogP contribution in [-0.4, -0.2) is 13.1 Å². The summed E-state index contributed by atoms with van der Waals surface area (Å²) < 4.78 is 0. The maximum Gasteiger partial charge on any atom is 0.326 e. The zero-order valence-corrected chi connectivity index (χ0v) is 10.8. The van der Waals surface area contributed by atoms with Crippen molar-refractivity contribution in [1.29, 1.82) is 0 Å². The number of hydrogen-bond donors (Lipinski definition) is 2. The van der Waals surface area contributed by atoms with Gasteiger partial charge in [0.25, 0.3) is 0 Å². The van der Waals surface area contributed by atoms with E-state index in [2.05, 4.69) is 5.32 Å². The summed E-state index contributed by atoms with van der Waals surface area (Å²) in [6.07, 6.45) is 0. The first-order chi connectivity index (χ1) is 9.22. The lowest BCUT2D eigenvalue weighted by atomic mass is 10.1. The molecule has 4 nitrogen and oxygen atoms in total. The molecule has 0 unspecified atom stereocenters. The molecule has 3 N–H and O–H groups in total. The Hall–Kier alpha value is -2.33. The molecule has 0 fully saturated rings. The highest BCUT2D eigenvalue weighted by Gasteiger charge is 2.13. The van der Waals surface area contributed by atoms with E-state index in [1.165, 1.54) is 0 Å². The number of nitrogens with one attached hydrogen (secondary N) is 1. The SMILES string of the molecule is CN(C(=O)Nc1ccccc1)c1ccccc1CN. The number of nitrogens with zero attached hydrogens (tertiary/aromatic N) is 1. The van der Waals surface area contributed by atoms with Crippen LogP contribution in [0.4, 0.5) is 16.2 Å². The Morgan fingerprint density at radius 2 is 1.74 bits per heavy atom. The fourth-order valence-corrected chi connectivity index (χ4v) is 1.85. The minimum Gasteiger partial charge on any atom is -0.326 e. The lowest BCUT2D eigenvalue weighted by Gasteiger charge is -2.20. The van der Waals surface area contributed by atoms with Crippen molar-refractivity contribution in [2.45, 2.75) is 6.54 Å². The van der Waals surface area contributed by atoms with Gasteiger partial charge in [-0.2, -0.15) is 0 Å². The number of carbonyl (C=O) groups is 1. The van der Waals surface area contributed by atoms with Gasteiger partial charge in [-0.15, -0.1) is 0 Å². The van der Waals surface area contributed by atoms with E-state index < -0.39 is 0 Å². The van der Waals surface area contributed by atoms with Gasteiger partial charge in [-0.3, -0.25) is 4.90 Å². The van der Waals surface area contributed by atoms with E-state index in [-0.39, 0.29) is 6.03 Å². The highest BCUT2D eigenvalue weighted by atomic mass is 16.2. The number of amides is 2. The van der Waals surface area contributed by atoms with Gasteiger partial charge < -0.3 is 11.1 Å². The Kier molecular flexibility index (Phi) is 4.15. The van der Waals surface area contributed by atoms with Crippen LogP contribution in [0.1, 0.15) is 5.56 Å². The number of benzene rings is 2. The molecule has 19 heavy (non-hydrogen) atoms. The van der Waals surface area contributed by atoms with Gasteiger partial charge in [0, 0.05) is 25.0 Å². The Balaban J connectivity index is 2.15. The third kappa shape index (κ3) is 3.11. The molecule has 0 saturated carbocycles. The van der Waals surface area contributed by atoms with Gasteiger partial charge in [-0.1, -0.05) is 36.4 Å². The van der Waals surface area contributed by atoms with Crippen molar-refractivity contribution in [3.63, 3.8) is 0 Å². The number of anilines is 2. The Labute approximate surface area is 112 Å². The monoisotopic (exact) mass is 255 g/mol. The second kappa shape index (κ2) is 6.02. The highest BCUT2D eigenvalue weighted by molar-refractivity contribution is 6.01. The number of urea groups is 1. The van der Waals surface area contributed by atoms with Gasteiger partial charge in [-0.25, -0.2) is 4.79 Å². The zero-order valence-electron chi connectivity index (χ0n) is 10.8. The molecule has 2 rings (SSSR count). The minimum absolute atomic E-state index is 0.188. The molecule has 4 heteroatoms. The van der Waals surface area contributed by atoms with Crippen molar-refractivity contribution in [2.75, 3.05) is 17.3 Å². The quantitative estimate of drug-likeness (QED) is 0.886. The van der Waals surface area contributed by atoms with Gasteiger partial charge in [0.2, 0.25) is 0 Å². The van der Waals surface area contributed by atoms with Crippen LogP contribution in [0.15, 0.2) is 54.6 Å². The predicted octanol–water partition coefficient (Wildman–Crippen LogP) is 2.81. The number of nitrogens with two attached hydrogens (primary N) is 1. The standard InChI is InChI=1S/C15H17N3O/c1-18(14-10-6-5-7-12(14)11-16)15(19)17-13-8-3-2-4-9-13/h2-10H,11,16H2,1H3,(H,17,19). The maximum absolute atomic E-state index is 12.2. The summed E-state index contributed by atoms with van der Waals surface area (Å²) in [5.41, 5.74) is 8.21. The lowest BCUT2D eigenvalue weighted by Crippen LogP contribution is -2.32. The van der Waals surface area contributed by atoms with Crippen LogP contribution in [0.5, 0.6) is 0 Å². The van der Waals surface area contributed by atoms with Crippen LogP contribution in [0.25, 0.3) is 0 Å². The molecule has 0 aliphatic rings. The van der Waals surface area contributed by atoms with E-state index in [9.17, 15) is 4.79 Å². The topological polar surface area (TPSA) is 58.4 Å². The van der Waals surface area contributed by atoms with Crippen LogP contribution >= 0.6 is 0 Å². The zero-order chi connectivity index (χ0) is 13.7. The van der Waals surface area contributed by atoms with Crippen molar-refractivity contribution >= 4 is 17.4 Å². The van der Waals surface area contributed by atoms with Crippen LogP contribution < -0.4 is 16.0 Å². The molecule has 0 bridgehead atoms. The van der Waals surface area contributed by atoms with Gasteiger partial charge >= 0.3 is 6.03 Å². The van der Waals surface area contributed by atoms with Gasteiger partial charge in [0.1, 0.15) is 0 Å². The predicted molar refractivity (Wildman–Crippen MR) is 78.2 cm³/mol. The summed E-state index contributed by atoms with van der Waals surface area (Å²) in [7, 11) is 1.73. The lowest BCUT2D eigenvalue weighted by molar-refractivity contribution is 0.258. The highest BCUT2D eigenvalue weighted by Crippen LogP contribution is 2.19. The van der Waals surface area contributed by atoms with Crippen molar-refractivity contribution in [3.05, 3.63) is 60.2 Å². The van der Waals surface area contributed by atoms with Crippen LogP contribution in [0, 0.1) is 0 Å². The average Bonchev–Trinajstić information content (AvgIpc) is 2.47. The summed E-state index contributed by atoms with van der Waals surface area (Å²) in [5.74, 6) is 0. The van der Waals surface area contributed by atoms with Crippen LogP contribution in [0.3, 0.4) is 0 Å². The second-order valence-electron chi connectivity index (χ2n) is 4.19. The molecule has 0 aliphatic carbocycles. The van der Waals surface area contributed by atoms with E-state index in [4.69, 9.17) is 5.73 Å². The third-order valence-corrected chi connectivity index (χ3v) is 2.90. The molecule has 0 atom stereocenters. The molecule has 0 spiro atoms. The van der Waals surface area contributed by atoms with E-state index in [0.29, 0.717) is 6.54 Å². The summed E-state index contributed by atoms with van der Waals surface area (Å²) in [5, 5.41) is 2.84. The van der Waals surface area contributed by atoms with Crippen molar-refractivity contribution < 1.29 is 4.79 Å². The van der Waals surface area contributed by atoms with E-state index in [1.807, 2.05) is 54.6 Å². The van der Waals surface area contributed by atoms with Gasteiger partial charge in [-0.05, 0) is 23.8 Å². The first kappa shape index (κ1) is 13.1. The molecule has 2 aromatic carbocycles. The third-order valence-electron chi connectivity index (χ3n) is 2.90. The maximum atomic E-state index is 12.2. The molecule has 2 amide bonds. The largest absolute Gasteiger partial charge is 0.326 e. The molecule has 0 heterocycles. The second-order valence-corrected chi connectivity index (χ2v) is 4.19. The Morgan fingerprint density at radius 1 is 1.11 bits per heavy atom. The summed E-state index contributed by atoms with van der Waals surface area (Å²) in [6.45, 7) is 0.402. The van der Waals surface area contributed by atoms with E-state index >= 15 is 0 Å². The molecule has 0 radical (unpaired) electrons.